The van der Waals surface area contributed by atoms with Gasteiger partial charge < -0.3 is 15.1 Å². The van der Waals surface area contributed by atoms with Crippen molar-refractivity contribution in [2.45, 2.75) is 155 Å². The summed E-state index contributed by atoms with van der Waals surface area (Å²) in [7, 11) is 0. The van der Waals surface area contributed by atoms with E-state index in [1.54, 1.807) is 0 Å². The van der Waals surface area contributed by atoms with Crippen LogP contribution in [0.1, 0.15) is 149 Å². The quantitative estimate of drug-likeness (QED) is 0.130. The van der Waals surface area contributed by atoms with Crippen LogP contribution in [0.25, 0.3) is 0 Å². The number of carbonyl (C=O) groups is 1. The highest BCUT2D eigenvalue weighted by Crippen LogP contribution is 2.16. The van der Waals surface area contributed by atoms with Gasteiger partial charge in [0.1, 0.15) is 0 Å². The van der Waals surface area contributed by atoms with Crippen LogP contribution in [0.5, 0.6) is 0 Å². The highest BCUT2D eigenvalue weighted by molar-refractivity contribution is 5.66. The first-order chi connectivity index (χ1) is 15.6. The van der Waals surface area contributed by atoms with E-state index in [0.717, 1.165) is 38.8 Å². The van der Waals surface area contributed by atoms with Crippen LogP contribution >= 0.6 is 0 Å². The highest BCUT2D eigenvalue weighted by atomic mass is 16.4. The Bertz CT molecular complexity index is 389. The first kappa shape index (κ1) is 31.4. The number of aliphatic hydroxyl groups is 1. The molecule has 4 nitrogen and oxygen atoms in total. The number of carboxylic acids is 1. The molecule has 0 radical (unpaired) electrons. The third kappa shape index (κ3) is 22.6. The average Bonchev–Trinajstić information content (AvgIpc) is 2.77. The van der Waals surface area contributed by atoms with Crippen LogP contribution in [0.4, 0.5) is 0 Å². The molecular formula is C28H57NO3. The standard InChI is InChI=1S/C28H57NO3/c1-3-4-5-6-7-8-9-10-11-12-13-14-15-16-17-22-27(2)29(25-20-21-26-30)24-19-18-23-28(31)32/h27,30H,3-26H2,1-2H3,(H,31,32). The van der Waals surface area contributed by atoms with Gasteiger partial charge in [0.2, 0.25) is 0 Å². The molecule has 2 N–H and O–H groups in total. The van der Waals surface area contributed by atoms with Crippen LogP contribution in [0.3, 0.4) is 0 Å². The van der Waals surface area contributed by atoms with Crippen molar-refractivity contribution in [3.8, 4) is 0 Å². The fourth-order valence-electron chi connectivity index (χ4n) is 4.56. The Labute approximate surface area is 200 Å². The molecule has 0 saturated heterocycles. The zero-order valence-electron chi connectivity index (χ0n) is 21.8. The Morgan fingerprint density at radius 1 is 0.656 bits per heavy atom. The van der Waals surface area contributed by atoms with Crippen molar-refractivity contribution in [1.29, 1.82) is 0 Å². The van der Waals surface area contributed by atoms with E-state index in [-0.39, 0.29) is 13.0 Å². The second-order valence-electron chi connectivity index (χ2n) is 9.90. The predicted molar refractivity (Wildman–Crippen MR) is 138 cm³/mol. The molecule has 0 aliphatic heterocycles. The first-order valence-corrected chi connectivity index (χ1v) is 14.2. The van der Waals surface area contributed by atoms with Crippen molar-refractivity contribution in [2.75, 3.05) is 19.7 Å². The summed E-state index contributed by atoms with van der Waals surface area (Å²) in [5.41, 5.74) is 0. The zero-order chi connectivity index (χ0) is 23.7. The van der Waals surface area contributed by atoms with E-state index in [4.69, 9.17) is 10.2 Å². The number of hydrogen-bond acceptors (Lipinski definition) is 3. The third-order valence-corrected chi connectivity index (χ3v) is 6.79. The number of aliphatic carboxylic acids is 1. The molecule has 0 aromatic carbocycles. The summed E-state index contributed by atoms with van der Waals surface area (Å²) in [5, 5.41) is 17.9. The van der Waals surface area contributed by atoms with Gasteiger partial charge in [0, 0.05) is 19.1 Å². The smallest absolute Gasteiger partial charge is 0.303 e. The number of carboxylic acid groups (broad SMARTS) is 1. The van der Waals surface area contributed by atoms with Gasteiger partial charge in [-0.1, -0.05) is 103 Å². The minimum Gasteiger partial charge on any atom is -0.481 e. The third-order valence-electron chi connectivity index (χ3n) is 6.79. The summed E-state index contributed by atoms with van der Waals surface area (Å²) >= 11 is 0. The molecule has 0 rings (SSSR count). The van der Waals surface area contributed by atoms with Gasteiger partial charge in [0.15, 0.2) is 0 Å². The Morgan fingerprint density at radius 2 is 1.09 bits per heavy atom. The summed E-state index contributed by atoms with van der Waals surface area (Å²) in [4.78, 5) is 13.2. The number of unbranched alkanes of at least 4 members (excludes halogenated alkanes) is 16. The van der Waals surface area contributed by atoms with Crippen molar-refractivity contribution < 1.29 is 15.0 Å². The lowest BCUT2D eigenvalue weighted by Crippen LogP contribution is -2.35. The van der Waals surface area contributed by atoms with Crippen molar-refractivity contribution in [2.24, 2.45) is 0 Å². The zero-order valence-corrected chi connectivity index (χ0v) is 21.8. The van der Waals surface area contributed by atoms with Gasteiger partial charge in [-0.2, -0.15) is 0 Å². The topological polar surface area (TPSA) is 60.8 Å². The lowest BCUT2D eigenvalue weighted by atomic mass is 10.0. The molecule has 1 atom stereocenters. The van der Waals surface area contributed by atoms with Gasteiger partial charge in [-0.15, -0.1) is 0 Å². The van der Waals surface area contributed by atoms with E-state index in [1.807, 2.05) is 0 Å². The van der Waals surface area contributed by atoms with Crippen LogP contribution in [-0.4, -0.2) is 46.8 Å². The van der Waals surface area contributed by atoms with Crippen LogP contribution in [0.15, 0.2) is 0 Å². The minimum absolute atomic E-state index is 0.264. The lowest BCUT2D eigenvalue weighted by molar-refractivity contribution is -0.137. The second-order valence-corrected chi connectivity index (χ2v) is 9.90. The van der Waals surface area contributed by atoms with E-state index < -0.39 is 5.97 Å². The first-order valence-electron chi connectivity index (χ1n) is 14.2. The van der Waals surface area contributed by atoms with Crippen LogP contribution in [-0.2, 0) is 4.79 Å². The van der Waals surface area contributed by atoms with Crippen molar-refractivity contribution in [3.05, 3.63) is 0 Å². The fourth-order valence-corrected chi connectivity index (χ4v) is 4.56. The number of aliphatic hydroxyl groups excluding tert-OH is 1. The fraction of sp³-hybridized carbons (Fsp3) is 0.964. The molecule has 0 saturated carbocycles. The maximum Gasteiger partial charge on any atom is 0.303 e. The van der Waals surface area contributed by atoms with Gasteiger partial charge in [-0.25, -0.2) is 0 Å². The molecule has 0 aromatic heterocycles. The molecule has 192 valence electrons. The summed E-state index contributed by atoms with van der Waals surface area (Å²) in [6.07, 6.45) is 26.1. The van der Waals surface area contributed by atoms with Gasteiger partial charge in [0.05, 0.1) is 0 Å². The van der Waals surface area contributed by atoms with E-state index in [9.17, 15) is 4.79 Å². The molecule has 0 aliphatic rings. The SMILES string of the molecule is CCCCCCCCCCCCCCCCCC(C)N(CCCCO)CCCCC(=O)O. The Balaban J connectivity index is 3.64. The summed E-state index contributed by atoms with van der Waals surface area (Å²) < 4.78 is 0. The molecule has 0 fully saturated rings. The van der Waals surface area contributed by atoms with Gasteiger partial charge in [-0.3, -0.25) is 4.79 Å². The molecule has 0 spiro atoms. The Morgan fingerprint density at radius 3 is 1.53 bits per heavy atom. The van der Waals surface area contributed by atoms with Crippen molar-refractivity contribution in [1.82, 2.24) is 4.90 Å². The number of hydrogen-bond donors (Lipinski definition) is 2. The summed E-state index contributed by atoms with van der Waals surface area (Å²) in [5.74, 6) is -0.692. The maximum absolute atomic E-state index is 10.7. The molecular weight excluding hydrogens is 398 g/mol. The van der Waals surface area contributed by atoms with Crippen molar-refractivity contribution in [3.63, 3.8) is 0 Å². The summed E-state index contributed by atoms with van der Waals surface area (Å²) in [6.45, 7) is 6.87. The van der Waals surface area contributed by atoms with Crippen molar-refractivity contribution >= 4 is 5.97 Å². The molecule has 1 unspecified atom stereocenters. The Hall–Kier alpha value is -0.610. The predicted octanol–water partition coefficient (Wildman–Crippen LogP) is 7.97. The van der Waals surface area contributed by atoms with Gasteiger partial charge in [0.25, 0.3) is 0 Å². The van der Waals surface area contributed by atoms with Crippen LogP contribution in [0, 0.1) is 0 Å². The van der Waals surface area contributed by atoms with E-state index in [0.29, 0.717) is 6.04 Å². The second kappa shape index (κ2) is 25.0. The van der Waals surface area contributed by atoms with E-state index >= 15 is 0 Å². The maximum atomic E-state index is 10.7. The normalized spacial score (nSPS) is 12.5. The molecule has 0 amide bonds. The van der Waals surface area contributed by atoms with Gasteiger partial charge in [-0.05, 0) is 52.1 Å². The Kier molecular flexibility index (Phi) is 24.5. The number of nitrogens with zero attached hydrogens (tertiary/aromatic N) is 1. The average molecular weight is 456 g/mol. The van der Waals surface area contributed by atoms with Gasteiger partial charge >= 0.3 is 5.97 Å². The highest BCUT2D eigenvalue weighted by Gasteiger charge is 2.13. The molecule has 0 aromatic rings. The van der Waals surface area contributed by atoms with E-state index in [1.165, 1.54) is 103 Å². The van der Waals surface area contributed by atoms with E-state index in [2.05, 4.69) is 18.7 Å². The van der Waals surface area contributed by atoms with Crippen LogP contribution in [0.2, 0.25) is 0 Å². The monoisotopic (exact) mass is 455 g/mol. The molecule has 4 heteroatoms. The number of rotatable bonds is 26. The molecule has 32 heavy (non-hydrogen) atoms. The molecule has 0 heterocycles. The lowest BCUT2D eigenvalue weighted by Gasteiger charge is -2.29. The van der Waals surface area contributed by atoms with Crippen LogP contribution < -0.4 is 0 Å². The minimum atomic E-state index is -0.692. The largest absolute Gasteiger partial charge is 0.481 e. The molecule has 0 bridgehead atoms. The summed E-state index contributed by atoms with van der Waals surface area (Å²) in [6, 6.07) is 0.556. The molecule has 0 aliphatic carbocycles.